The summed E-state index contributed by atoms with van der Waals surface area (Å²) >= 11 is 0. The molecular weight excluding hydrogens is 511 g/mol. The SMILES string of the molecule is CNC(=O)C(Cc1ccccc1F)N(C)C(=O)C(COCc1ccccc1)N(C)C(=O)c1cccc(C(C)N)c1. The van der Waals surface area contributed by atoms with E-state index in [9.17, 15) is 18.8 Å². The Balaban J connectivity index is 1.89. The first-order valence-corrected chi connectivity index (χ1v) is 13.1. The van der Waals surface area contributed by atoms with Crippen LogP contribution in [0.3, 0.4) is 0 Å². The number of amides is 3. The van der Waals surface area contributed by atoms with E-state index < -0.39 is 35.6 Å². The molecule has 8 nitrogen and oxygen atoms in total. The van der Waals surface area contributed by atoms with Crippen molar-refractivity contribution in [3.63, 3.8) is 0 Å². The van der Waals surface area contributed by atoms with Gasteiger partial charge in [-0.05, 0) is 41.8 Å². The molecule has 212 valence electrons. The van der Waals surface area contributed by atoms with Crippen molar-refractivity contribution in [1.82, 2.24) is 15.1 Å². The zero-order valence-electron chi connectivity index (χ0n) is 23.3. The molecule has 9 heteroatoms. The lowest BCUT2D eigenvalue weighted by molar-refractivity contribution is -0.143. The summed E-state index contributed by atoms with van der Waals surface area (Å²) in [6.45, 7) is 1.93. The molecule has 0 bridgehead atoms. The monoisotopic (exact) mass is 548 g/mol. The highest BCUT2D eigenvalue weighted by Gasteiger charge is 2.35. The molecule has 0 fully saturated rings. The number of hydrogen-bond donors (Lipinski definition) is 2. The lowest BCUT2D eigenvalue weighted by atomic mass is 10.0. The molecule has 40 heavy (non-hydrogen) atoms. The zero-order valence-corrected chi connectivity index (χ0v) is 23.3. The Morgan fingerprint density at radius 2 is 1.60 bits per heavy atom. The number of carbonyl (C=O) groups excluding carboxylic acids is 3. The van der Waals surface area contributed by atoms with Crippen molar-refractivity contribution in [3.05, 3.63) is 107 Å². The molecule has 3 rings (SSSR count). The quantitative estimate of drug-likeness (QED) is 0.361. The fourth-order valence-electron chi connectivity index (χ4n) is 4.34. The van der Waals surface area contributed by atoms with Crippen molar-refractivity contribution in [2.75, 3.05) is 27.7 Å². The fraction of sp³-hybridized carbons (Fsp3) is 0.323. The molecule has 3 N–H and O–H groups in total. The van der Waals surface area contributed by atoms with Crippen molar-refractivity contribution in [3.8, 4) is 0 Å². The second kappa shape index (κ2) is 14.3. The summed E-state index contributed by atoms with van der Waals surface area (Å²) < 4.78 is 20.4. The number of carbonyl (C=O) groups is 3. The molecule has 3 aromatic rings. The number of ether oxygens (including phenoxy) is 1. The average Bonchev–Trinajstić information content (AvgIpc) is 2.97. The van der Waals surface area contributed by atoms with Crippen molar-refractivity contribution in [2.24, 2.45) is 5.73 Å². The van der Waals surface area contributed by atoms with Gasteiger partial charge in [-0.1, -0.05) is 60.7 Å². The Labute approximate surface area is 234 Å². The number of nitrogens with one attached hydrogen (secondary N) is 1. The minimum atomic E-state index is -1.06. The van der Waals surface area contributed by atoms with E-state index in [1.165, 1.54) is 37.0 Å². The molecule has 0 aromatic heterocycles. The smallest absolute Gasteiger partial charge is 0.254 e. The molecule has 0 aliphatic carbocycles. The minimum Gasteiger partial charge on any atom is -0.374 e. The standard InChI is InChI=1S/C31H37FN4O4/c1-21(33)23-14-10-15-25(17-23)30(38)36(4)28(20-40-19-22-11-6-5-7-12-22)31(39)35(3)27(29(37)34-2)18-24-13-8-9-16-26(24)32/h5-17,21,27-28H,18-20,33H2,1-4H3,(H,34,37). The summed E-state index contributed by atoms with van der Waals surface area (Å²) in [6, 6.07) is 20.1. The average molecular weight is 549 g/mol. The number of benzene rings is 3. The highest BCUT2D eigenvalue weighted by atomic mass is 19.1. The van der Waals surface area contributed by atoms with Crippen LogP contribution in [0.1, 0.15) is 40.0 Å². The first-order chi connectivity index (χ1) is 19.1. The zero-order chi connectivity index (χ0) is 29.2. The van der Waals surface area contributed by atoms with Crippen LogP contribution in [-0.4, -0.2) is 67.4 Å². The predicted octanol–water partition coefficient (Wildman–Crippen LogP) is 3.32. The summed E-state index contributed by atoms with van der Waals surface area (Å²) in [4.78, 5) is 42.9. The molecule has 0 heterocycles. The number of likely N-dealkylation sites (N-methyl/N-ethyl adjacent to an activating group) is 3. The van der Waals surface area contributed by atoms with Gasteiger partial charge in [0, 0.05) is 39.2 Å². The van der Waals surface area contributed by atoms with E-state index in [4.69, 9.17) is 10.5 Å². The fourth-order valence-corrected chi connectivity index (χ4v) is 4.34. The summed E-state index contributed by atoms with van der Waals surface area (Å²) in [5.74, 6) is -1.84. The molecule has 3 atom stereocenters. The van der Waals surface area contributed by atoms with Gasteiger partial charge >= 0.3 is 0 Å². The third-order valence-electron chi connectivity index (χ3n) is 6.85. The van der Waals surface area contributed by atoms with Gasteiger partial charge in [-0.15, -0.1) is 0 Å². The normalized spacial score (nSPS) is 13.2. The van der Waals surface area contributed by atoms with Crippen LogP contribution < -0.4 is 11.1 Å². The highest BCUT2D eigenvalue weighted by molar-refractivity contribution is 5.98. The second-order valence-corrected chi connectivity index (χ2v) is 9.72. The molecular formula is C31H37FN4O4. The molecule has 0 aliphatic heterocycles. The topological polar surface area (TPSA) is 105 Å². The number of halogens is 1. The molecule has 0 aliphatic rings. The maximum atomic E-state index is 14.5. The Hall–Kier alpha value is -4.08. The van der Waals surface area contributed by atoms with E-state index in [0.29, 0.717) is 11.1 Å². The van der Waals surface area contributed by atoms with Gasteiger partial charge in [-0.3, -0.25) is 14.4 Å². The van der Waals surface area contributed by atoms with E-state index in [0.717, 1.165) is 11.1 Å². The number of hydrogen-bond acceptors (Lipinski definition) is 5. The molecule has 3 unspecified atom stereocenters. The van der Waals surface area contributed by atoms with E-state index in [1.807, 2.05) is 43.3 Å². The van der Waals surface area contributed by atoms with Gasteiger partial charge in [0.05, 0.1) is 13.2 Å². The van der Waals surface area contributed by atoms with Gasteiger partial charge in [-0.25, -0.2) is 4.39 Å². The second-order valence-electron chi connectivity index (χ2n) is 9.72. The van der Waals surface area contributed by atoms with Crippen molar-refractivity contribution < 1.29 is 23.5 Å². The lowest BCUT2D eigenvalue weighted by Crippen LogP contribution is -2.56. The minimum absolute atomic E-state index is 0.0414. The highest BCUT2D eigenvalue weighted by Crippen LogP contribution is 2.18. The van der Waals surface area contributed by atoms with Crippen molar-refractivity contribution >= 4 is 17.7 Å². The van der Waals surface area contributed by atoms with Crippen LogP contribution in [-0.2, 0) is 27.4 Å². The predicted molar refractivity (Wildman–Crippen MR) is 152 cm³/mol. The van der Waals surface area contributed by atoms with Crippen LogP contribution in [0, 0.1) is 5.82 Å². The molecule has 0 saturated carbocycles. The van der Waals surface area contributed by atoms with Gasteiger partial charge < -0.3 is 25.6 Å². The van der Waals surface area contributed by atoms with Crippen LogP contribution in [0.2, 0.25) is 0 Å². The molecule has 0 spiro atoms. The molecule has 0 radical (unpaired) electrons. The number of nitrogens with zero attached hydrogens (tertiary/aromatic N) is 2. The van der Waals surface area contributed by atoms with Crippen molar-refractivity contribution in [2.45, 2.75) is 38.1 Å². The van der Waals surface area contributed by atoms with Crippen LogP contribution in [0.4, 0.5) is 4.39 Å². The van der Waals surface area contributed by atoms with E-state index >= 15 is 0 Å². The van der Waals surface area contributed by atoms with Crippen LogP contribution in [0.25, 0.3) is 0 Å². The Bertz CT molecular complexity index is 1300. The summed E-state index contributed by atoms with van der Waals surface area (Å²) in [7, 11) is 4.45. The third kappa shape index (κ3) is 7.74. The van der Waals surface area contributed by atoms with E-state index in [-0.39, 0.29) is 25.7 Å². The maximum absolute atomic E-state index is 14.5. The van der Waals surface area contributed by atoms with Crippen molar-refractivity contribution in [1.29, 1.82) is 0 Å². The van der Waals surface area contributed by atoms with Gasteiger partial charge in [0.25, 0.3) is 5.91 Å². The Morgan fingerprint density at radius 3 is 2.25 bits per heavy atom. The molecule has 3 amide bonds. The van der Waals surface area contributed by atoms with Gasteiger partial charge in [0.15, 0.2) is 0 Å². The Morgan fingerprint density at radius 1 is 0.925 bits per heavy atom. The van der Waals surface area contributed by atoms with E-state index in [1.54, 1.807) is 36.4 Å². The molecule has 0 saturated heterocycles. The molecule has 3 aromatic carbocycles. The van der Waals surface area contributed by atoms with E-state index in [2.05, 4.69) is 5.32 Å². The number of nitrogens with two attached hydrogens (primary N) is 1. The third-order valence-corrected chi connectivity index (χ3v) is 6.85. The summed E-state index contributed by atoms with van der Waals surface area (Å²) in [5, 5.41) is 2.56. The van der Waals surface area contributed by atoms with Crippen LogP contribution >= 0.6 is 0 Å². The van der Waals surface area contributed by atoms with Crippen LogP contribution in [0.5, 0.6) is 0 Å². The summed E-state index contributed by atoms with van der Waals surface area (Å²) in [5.41, 5.74) is 8.36. The van der Waals surface area contributed by atoms with Gasteiger partial charge in [0.2, 0.25) is 11.8 Å². The van der Waals surface area contributed by atoms with Crippen LogP contribution in [0.15, 0.2) is 78.9 Å². The lowest BCUT2D eigenvalue weighted by Gasteiger charge is -2.34. The maximum Gasteiger partial charge on any atom is 0.254 e. The first kappa shape index (κ1) is 30.5. The largest absolute Gasteiger partial charge is 0.374 e. The summed E-state index contributed by atoms with van der Waals surface area (Å²) in [6.07, 6.45) is -0.0414. The number of rotatable bonds is 12. The van der Waals surface area contributed by atoms with Gasteiger partial charge in [0.1, 0.15) is 17.9 Å². The Kier molecular flexibility index (Phi) is 10.9. The van der Waals surface area contributed by atoms with Gasteiger partial charge in [-0.2, -0.15) is 0 Å². The first-order valence-electron chi connectivity index (χ1n) is 13.1.